The van der Waals surface area contributed by atoms with Crippen molar-refractivity contribution in [3.05, 3.63) is 0 Å². The van der Waals surface area contributed by atoms with Gasteiger partial charge < -0.3 is 9.84 Å². The van der Waals surface area contributed by atoms with E-state index in [1.807, 2.05) is 0 Å². The van der Waals surface area contributed by atoms with E-state index in [2.05, 4.69) is 11.8 Å². The fraction of sp³-hybridized carbons (Fsp3) is 1.00. The van der Waals surface area contributed by atoms with Gasteiger partial charge in [0.05, 0.1) is 5.60 Å². The predicted molar refractivity (Wildman–Crippen MR) is 62.3 cm³/mol. The Labute approximate surface area is 97.8 Å². The third-order valence-corrected chi connectivity index (χ3v) is 4.81. The molecular weight excluding hydrogens is 202 g/mol. The number of hydrogen-bond donors (Lipinski definition) is 1. The van der Waals surface area contributed by atoms with Crippen LogP contribution in [-0.4, -0.2) is 48.0 Å². The van der Waals surface area contributed by atoms with Gasteiger partial charge in [0.2, 0.25) is 0 Å². The highest BCUT2D eigenvalue weighted by Gasteiger charge is 2.53. The maximum Gasteiger partial charge on any atom is 0.0839 e. The minimum absolute atomic E-state index is 0.377. The van der Waals surface area contributed by atoms with Crippen molar-refractivity contribution in [2.45, 2.75) is 44.2 Å². The van der Waals surface area contributed by atoms with Crippen LogP contribution in [0.15, 0.2) is 0 Å². The Morgan fingerprint density at radius 2 is 1.88 bits per heavy atom. The largest absolute Gasteiger partial charge is 0.388 e. The standard InChI is InChI=1S/C13H23NO2/c1-10-8-14(12-4-6-16-7-5-12)9-13(10,15)11-2-3-11/h10-12,15H,2-9H2,1H3/t10-,13+/m1/s1. The van der Waals surface area contributed by atoms with E-state index in [9.17, 15) is 5.11 Å². The lowest BCUT2D eigenvalue weighted by Gasteiger charge is -2.32. The molecule has 0 unspecified atom stereocenters. The molecule has 0 aromatic carbocycles. The van der Waals surface area contributed by atoms with E-state index in [0.717, 1.165) is 39.1 Å². The molecule has 0 aromatic rings. The topological polar surface area (TPSA) is 32.7 Å². The van der Waals surface area contributed by atoms with Gasteiger partial charge >= 0.3 is 0 Å². The predicted octanol–water partition coefficient (Wildman–Crippen LogP) is 1.26. The van der Waals surface area contributed by atoms with E-state index in [-0.39, 0.29) is 5.60 Å². The van der Waals surface area contributed by atoms with E-state index >= 15 is 0 Å². The van der Waals surface area contributed by atoms with Crippen molar-refractivity contribution in [3.8, 4) is 0 Å². The third kappa shape index (κ3) is 1.79. The second-order valence-electron chi connectivity index (χ2n) is 5.94. The van der Waals surface area contributed by atoms with E-state index in [1.54, 1.807) is 0 Å². The van der Waals surface area contributed by atoms with Crippen LogP contribution >= 0.6 is 0 Å². The summed E-state index contributed by atoms with van der Waals surface area (Å²) in [5.41, 5.74) is -0.377. The maximum absolute atomic E-state index is 10.7. The zero-order valence-corrected chi connectivity index (χ0v) is 10.2. The van der Waals surface area contributed by atoms with Crippen molar-refractivity contribution in [1.29, 1.82) is 0 Å². The summed E-state index contributed by atoms with van der Waals surface area (Å²) < 4.78 is 5.41. The van der Waals surface area contributed by atoms with Crippen LogP contribution in [0.4, 0.5) is 0 Å². The Hall–Kier alpha value is -0.120. The van der Waals surface area contributed by atoms with Crippen LogP contribution in [0.3, 0.4) is 0 Å². The molecule has 0 radical (unpaired) electrons. The lowest BCUT2D eigenvalue weighted by Crippen LogP contribution is -2.43. The number of rotatable bonds is 2. The van der Waals surface area contributed by atoms with Crippen LogP contribution in [0.25, 0.3) is 0 Å². The third-order valence-electron chi connectivity index (χ3n) is 4.81. The van der Waals surface area contributed by atoms with Crippen LogP contribution in [-0.2, 0) is 4.74 Å². The van der Waals surface area contributed by atoms with Crippen molar-refractivity contribution in [3.63, 3.8) is 0 Å². The minimum atomic E-state index is -0.377. The van der Waals surface area contributed by atoms with Crippen LogP contribution in [0, 0.1) is 11.8 Å². The smallest absolute Gasteiger partial charge is 0.0839 e. The van der Waals surface area contributed by atoms with Crippen molar-refractivity contribution in [1.82, 2.24) is 4.90 Å². The lowest BCUT2D eigenvalue weighted by molar-refractivity contribution is -0.0133. The second kappa shape index (κ2) is 3.97. The molecule has 0 amide bonds. The highest BCUT2D eigenvalue weighted by molar-refractivity contribution is 5.05. The van der Waals surface area contributed by atoms with Gasteiger partial charge in [-0.25, -0.2) is 0 Å². The zero-order valence-electron chi connectivity index (χ0n) is 10.2. The molecule has 1 N–H and O–H groups in total. The molecule has 3 fully saturated rings. The molecule has 0 aromatic heterocycles. The average molecular weight is 225 g/mol. The van der Waals surface area contributed by atoms with Gasteiger partial charge in [0.1, 0.15) is 0 Å². The molecule has 1 saturated carbocycles. The molecule has 3 nitrogen and oxygen atoms in total. The van der Waals surface area contributed by atoms with Crippen LogP contribution in [0.5, 0.6) is 0 Å². The summed E-state index contributed by atoms with van der Waals surface area (Å²) in [6.45, 7) is 6.01. The Kier molecular flexibility index (Phi) is 2.73. The summed E-state index contributed by atoms with van der Waals surface area (Å²) in [6.07, 6.45) is 4.77. The summed E-state index contributed by atoms with van der Waals surface area (Å²) in [4.78, 5) is 2.52. The normalized spacial score (nSPS) is 42.8. The maximum atomic E-state index is 10.7. The molecule has 0 spiro atoms. The first-order valence-electron chi connectivity index (χ1n) is 6.74. The quantitative estimate of drug-likeness (QED) is 0.768. The first-order chi connectivity index (χ1) is 7.70. The SMILES string of the molecule is C[C@@H]1CN(C2CCOCC2)C[C@@]1(O)C1CC1. The number of likely N-dealkylation sites (tertiary alicyclic amines) is 1. The van der Waals surface area contributed by atoms with Crippen LogP contribution in [0.2, 0.25) is 0 Å². The van der Waals surface area contributed by atoms with Crippen molar-refractivity contribution in [2.24, 2.45) is 11.8 Å². The average Bonchev–Trinajstić information content (AvgIpc) is 3.09. The monoisotopic (exact) mass is 225 g/mol. The number of β-amino-alcohol motifs (C(OH)–C–C–N with tert-alkyl or cyclic N) is 1. The molecule has 3 heteroatoms. The fourth-order valence-corrected chi connectivity index (χ4v) is 3.50. The molecule has 2 aliphatic heterocycles. The second-order valence-corrected chi connectivity index (χ2v) is 5.94. The molecule has 2 heterocycles. The number of nitrogens with zero attached hydrogens (tertiary/aromatic N) is 1. The van der Waals surface area contributed by atoms with Gasteiger partial charge in [0, 0.05) is 32.3 Å². The Balaban J connectivity index is 1.66. The van der Waals surface area contributed by atoms with Gasteiger partial charge in [-0.15, -0.1) is 0 Å². The summed E-state index contributed by atoms with van der Waals surface area (Å²) >= 11 is 0. The highest BCUT2D eigenvalue weighted by Crippen LogP contribution is 2.47. The first-order valence-corrected chi connectivity index (χ1v) is 6.74. The van der Waals surface area contributed by atoms with Gasteiger partial charge in [-0.05, 0) is 37.5 Å². The van der Waals surface area contributed by atoms with Gasteiger partial charge in [0.25, 0.3) is 0 Å². The van der Waals surface area contributed by atoms with E-state index in [1.165, 1.54) is 12.8 Å². The Bertz CT molecular complexity index is 261. The molecular formula is C13H23NO2. The van der Waals surface area contributed by atoms with Crippen molar-refractivity contribution >= 4 is 0 Å². The molecule has 3 rings (SSSR count). The fourth-order valence-electron chi connectivity index (χ4n) is 3.50. The minimum Gasteiger partial charge on any atom is -0.388 e. The van der Waals surface area contributed by atoms with Crippen LogP contribution < -0.4 is 0 Å². The molecule has 16 heavy (non-hydrogen) atoms. The van der Waals surface area contributed by atoms with Crippen molar-refractivity contribution < 1.29 is 9.84 Å². The molecule has 1 aliphatic carbocycles. The van der Waals surface area contributed by atoms with Gasteiger partial charge in [-0.1, -0.05) is 6.92 Å². The summed E-state index contributed by atoms with van der Waals surface area (Å²) in [5, 5.41) is 10.7. The molecule has 2 saturated heterocycles. The van der Waals surface area contributed by atoms with Gasteiger partial charge in [-0.3, -0.25) is 4.90 Å². The summed E-state index contributed by atoms with van der Waals surface area (Å²) in [5.74, 6) is 1.04. The van der Waals surface area contributed by atoms with Gasteiger partial charge in [0.15, 0.2) is 0 Å². The van der Waals surface area contributed by atoms with E-state index in [0.29, 0.717) is 17.9 Å². The van der Waals surface area contributed by atoms with Crippen molar-refractivity contribution in [2.75, 3.05) is 26.3 Å². The Morgan fingerprint density at radius 3 is 2.50 bits per heavy atom. The molecule has 3 aliphatic rings. The number of hydrogen-bond acceptors (Lipinski definition) is 3. The van der Waals surface area contributed by atoms with E-state index in [4.69, 9.17) is 4.74 Å². The number of aliphatic hydroxyl groups is 1. The van der Waals surface area contributed by atoms with Gasteiger partial charge in [-0.2, -0.15) is 0 Å². The molecule has 2 atom stereocenters. The van der Waals surface area contributed by atoms with Crippen LogP contribution in [0.1, 0.15) is 32.6 Å². The summed E-state index contributed by atoms with van der Waals surface area (Å²) in [6, 6.07) is 0.656. The highest BCUT2D eigenvalue weighted by atomic mass is 16.5. The van der Waals surface area contributed by atoms with E-state index < -0.39 is 0 Å². The lowest BCUT2D eigenvalue weighted by atomic mass is 9.88. The first kappa shape index (κ1) is 11.0. The zero-order chi connectivity index (χ0) is 11.2. The molecule has 0 bridgehead atoms. The summed E-state index contributed by atoms with van der Waals surface area (Å²) in [7, 11) is 0. The number of ether oxygens (including phenoxy) is 1. The molecule has 92 valence electrons. The Morgan fingerprint density at radius 1 is 1.19 bits per heavy atom.